The Hall–Kier alpha value is -2.41. The molecule has 6 nitrogen and oxygen atoms in total. The second-order valence-corrected chi connectivity index (χ2v) is 7.17. The number of hydrogen-bond acceptors (Lipinski definition) is 6. The first kappa shape index (κ1) is 18.0. The molecule has 144 valence electrons. The van der Waals surface area contributed by atoms with Gasteiger partial charge in [-0.2, -0.15) is 0 Å². The zero-order valence-corrected chi connectivity index (χ0v) is 15.7. The van der Waals surface area contributed by atoms with E-state index >= 15 is 0 Å². The van der Waals surface area contributed by atoms with Crippen LogP contribution in [0.25, 0.3) is 0 Å². The van der Waals surface area contributed by atoms with Gasteiger partial charge in [0.1, 0.15) is 23.8 Å². The van der Waals surface area contributed by atoms with Crippen molar-refractivity contribution < 1.29 is 9.13 Å². The average molecular weight is 371 g/mol. The van der Waals surface area contributed by atoms with Crippen LogP contribution in [0.15, 0.2) is 36.7 Å². The molecule has 0 N–H and O–H groups in total. The summed E-state index contributed by atoms with van der Waals surface area (Å²) >= 11 is 0. The second kappa shape index (κ2) is 8.08. The lowest BCUT2D eigenvalue weighted by molar-refractivity contribution is 0.122. The van der Waals surface area contributed by atoms with E-state index in [1.807, 2.05) is 6.07 Å². The molecule has 3 heterocycles. The Labute approximate surface area is 159 Å². The van der Waals surface area contributed by atoms with E-state index in [9.17, 15) is 4.39 Å². The molecule has 0 radical (unpaired) electrons. The Balaban J connectivity index is 1.48. The van der Waals surface area contributed by atoms with Gasteiger partial charge in [-0.3, -0.25) is 0 Å². The highest BCUT2D eigenvalue weighted by atomic mass is 19.1. The fourth-order valence-electron chi connectivity index (χ4n) is 3.86. The molecular weight excluding hydrogens is 345 g/mol. The van der Waals surface area contributed by atoms with Crippen molar-refractivity contribution in [3.63, 3.8) is 0 Å². The molecular formula is C20H26FN5O. The minimum atomic E-state index is -0.186. The molecule has 0 amide bonds. The van der Waals surface area contributed by atoms with Crippen LogP contribution >= 0.6 is 0 Å². The van der Waals surface area contributed by atoms with E-state index < -0.39 is 0 Å². The number of likely N-dealkylation sites (N-methyl/N-ethyl adjacent to an activating group) is 1. The van der Waals surface area contributed by atoms with Crippen molar-refractivity contribution in [2.24, 2.45) is 0 Å². The maximum absolute atomic E-state index is 13.6. The van der Waals surface area contributed by atoms with Crippen LogP contribution in [0, 0.1) is 5.82 Å². The lowest BCUT2D eigenvalue weighted by Crippen LogP contribution is -2.47. The number of benzene rings is 1. The van der Waals surface area contributed by atoms with Crippen molar-refractivity contribution in [2.45, 2.75) is 18.9 Å². The smallest absolute Gasteiger partial charge is 0.134 e. The number of aromatic nitrogens is 2. The Kier molecular flexibility index (Phi) is 5.38. The molecule has 1 aromatic heterocycles. The maximum atomic E-state index is 13.6. The summed E-state index contributed by atoms with van der Waals surface area (Å²) in [5.41, 5.74) is 0.949. The van der Waals surface area contributed by atoms with Crippen LogP contribution in [-0.4, -0.2) is 62.5 Å². The van der Waals surface area contributed by atoms with Crippen molar-refractivity contribution in [3.8, 4) is 0 Å². The van der Waals surface area contributed by atoms with Crippen LogP contribution in [0.4, 0.5) is 21.7 Å². The highest BCUT2D eigenvalue weighted by molar-refractivity contribution is 5.52. The summed E-state index contributed by atoms with van der Waals surface area (Å²) in [7, 11) is 2.09. The molecule has 1 aromatic carbocycles. The monoisotopic (exact) mass is 371 g/mol. The van der Waals surface area contributed by atoms with E-state index in [1.165, 1.54) is 6.07 Å². The predicted molar refractivity (Wildman–Crippen MR) is 105 cm³/mol. The Morgan fingerprint density at radius 1 is 1.11 bits per heavy atom. The van der Waals surface area contributed by atoms with Gasteiger partial charge in [0, 0.05) is 51.0 Å². The van der Waals surface area contributed by atoms with E-state index in [2.05, 4.69) is 37.8 Å². The number of piperidine rings is 1. The lowest BCUT2D eigenvalue weighted by Gasteiger charge is -2.39. The second-order valence-electron chi connectivity index (χ2n) is 7.17. The first-order chi connectivity index (χ1) is 13.2. The summed E-state index contributed by atoms with van der Waals surface area (Å²) in [4.78, 5) is 15.7. The third-order valence-electron chi connectivity index (χ3n) is 5.45. The molecule has 0 spiro atoms. The van der Waals surface area contributed by atoms with Crippen LogP contribution in [0.3, 0.4) is 0 Å². The molecule has 4 rings (SSSR count). The summed E-state index contributed by atoms with van der Waals surface area (Å²) in [6, 6.07) is 9.25. The predicted octanol–water partition coefficient (Wildman–Crippen LogP) is 2.56. The zero-order chi connectivity index (χ0) is 18.6. The van der Waals surface area contributed by atoms with Crippen LogP contribution < -0.4 is 14.7 Å². The largest absolute Gasteiger partial charge is 0.378 e. The Morgan fingerprint density at radius 2 is 1.96 bits per heavy atom. The molecule has 2 aromatic rings. The molecule has 2 fully saturated rings. The third-order valence-corrected chi connectivity index (χ3v) is 5.45. The van der Waals surface area contributed by atoms with E-state index in [0.29, 0.717) is 6.04 Å². The fourth-order valence-corrected chi connectivity index (χ4v) is 3.86. The van der Waals surface area contributed by atoms with E-state index in [-0.39, 0.29) is 5.82 Å². The maximum Gasteiger partial charge on any atom is 0.134 e. The van der Waals surface area contributed by atoms with Crippen molar-refractivity contribution in [1.29, 1.82) is 0 Å². The fraction of sp³-hybridized carbons (Fsp3) is 0.500. The van der Waals surface area contributed by atoms with Crippen molar-refractivity contribution in [2.75, 3.05) is 61.1 Å². The van der Waals surface area contributed by atoms with Crippen molar-refractivity contribution in [3.05, 3.63) is 42.5 Å². The van der Waals surface area contributed by atoms with Gasteiger partial charge in [0.25, 0.3) is 0 Å². The van der Waals surface area contributed by atoms with Gasteiger partial charge in [-0.25, -0.2) is 14.4 Å². The zero-order valence-electron chi connectivity index (χ0n) is 15.7. The van der Waals surface area contributed by atoms with E-state index in [1.54, 1.807) is 18.5 Å². The molecule has 1 atom stereocenters. The SMILES string of the molecule is CN(c1cc(N2CCOCC2)ncn1)[C@@H]1CCCN(c2cccc(F)c2)C1. The van der Waals surface area contributed by atoms with Gasteiger partial charge < -0.3 is 19.4 Å². The molecule has 0 aliphatic carbocycles. The summed E-state index contributed by atoms with van der Waals surface area (Å²) in [6.45, 7) is 5.00. The lowest BCUT2D eigenvalue weighted by atomic mass is 10.0. The summed E-state index contributed by atoms with van der Waals surface area (Å²) in [6.07, 6.45) is 3.82. The first-order valence-electron chi connectivity index (χ1n) is 9.59. The number of ether oxygens (including phenoxy) is 1. The van der Waals surface area contributed by atoms with Gasteiger partial charge in [-0.05, 0) is 31.0 Å². The highest BCUT2D eigenvalue weighted by Gasteiger charge is 2.25. The van der Waals surface area contributed by atoms with Crippen LogP contribution in [0.2, 0.25) is 0 Å². The normalized spacial score (nSPS) is 20.6. The highest BCUT2D eigenvalue weighted by Crippen LogP contribution is 2.26. The third kappa shape index (κ3) is 4.13. The Morgan fingerprint density at radius 3 is 2.78 bits per heavy atom. The van der Waals surface area contributed by atoms with E-state index in [0.717, 1.165) is 69.6 Å². The standard InChI is InChI=1S/C20H26FN5O/c1-24(19-13-20(23-15-22-19)25-8-10-27-11-9-25)18-6-3-7-26(14-18)17-5-2-4-16(21)12-17/h2,4-5,12-13,15,18H,3,6-11,14H2,1H3/t18-/m1/s1. The topological polar surface area (TPSA) is 44.7 Å². The molecule has 2 aliphatic heterocycles. The molecule has 0 bridgehead atoms. The summed E-state index contributed by atoms with van der Waals surface area (Å²) in [5.74, 6) is 1.69. The Bertz CT molecular complexity index is 768. The van der Waals surface area contributed by atoms with Gasteiger partial charge in [-0.15, -0.1) is 0 Å². The van der Waals surface area contributed by atoms with Crippen LogP contribution in [-0.2, 0) is 4.74 Å². The molecule has 0 saturated carbocycles. The van der Waals surface area contributed by atoms with E-state index in [4.69, 9.17) is 4.74 Å². The first-order valence-corrected chi connectivity index (χ1v) is 9.59. The average Bonchev–Trinajstić information content (AvgIpc) is 2.74. The minimum absolute atomic E-state index is 0.186. The van der Waals surface area contributed by atoms with Crippen LogP contribution in [0.5, 0.6) is 0 Å². The number of morpholine rings is 1. The van der Waals surface area contributed by atoms with Crippen LogP contribution in [0.1, 0.15) is 12.8 Å². The molecule has 27 heavy (non-hydrogen) atoms. The summed E-state index contributed by atoms with van der Waals surface area (Å²) < 4.78 is 19.0. The number of hydrogen-bond donors (Lipinski definition) is 0. The van der Waals surface area contributed by atoms with Crippen molar-refractivity contribution in [1.82, 2.24) is 9.97 Å². The van der Waals surface area contributed by atoms with Gasteiger partial charge in [0.2, 0.25) is 0 Å². The summed E-state index contributed by atoms with van der Waals surface area (Å²) in [5, 5.41) is 0. The van der Waals surface area contributed by atoms with Gasteiger partial charge in [0.15, 0.2) is 0 Å². The number of nitrogens with zero attached hydrogens (tertiary/aromatic N) is 5. The minimum Gasteiger partial charge on any atom is -0.378 e. The molecule has 2 aliphatic rings. The number of halogens is 1. The molecule has 7 heteroatoms. The van der Waals surface area contributed by atoms with Gasteiger partial charge in [-0.1, -0.05) is 6.07 Å². The van der Waals surface area contributed by atoms with Gasteiger partial charge in [0.05, 0.1) is 13.2 Å². The quantitative estimate of drug-likeness (QED) is 0.823. The molecule has 0 unspecified atom stereocenters. The number of anilines is 3. The number of rotatable bonds is 4. The van der Waals surface area contributed by atoms with Gasteiger partial charge >= 0.3 is 0 Å². The molecule has 2 saturated heterocycles. The van der Waals surface area contributed by atoms with Crippen molar-refractivity contribution >= 4 is 17.3 Å².